The second kappa shape index (κ2) is 6.53. The van der Waals surface area contributed by atoms with Crippen LogP contribution in [0.25, 0.3) is 0 Å². The van der Waals surface area contributed by atoms with E-state index < -0.39 is 0 Å². The van der Waals surface area contributed by atoms with Crippen LogP contribution >= 0.6 is 15.9 Å². The van der Waals surface area contributed by atoms with E-state index in [-0.39, 0.29) is 5.91 Å². The number of piperidine rings is 1. The fourth-order valence-corrected chi connectivity index (χ4v) is 2.91. The van der Waals surface area contributed by atoms with Gasteiger partial charge in [0.15, 0.2) is 0 Å². The molecule has 2 rings (SSSR count). The molecule has 0 aromatic heterocycles. The highest BCUT2D eigenvalue weighted by atomic mass is 79.9. The lowest BCUT2D eigenvalue weighted by molar-refractivity contribution is -0.119. The number of nitrogens with zero attached hydrogens (tertiary/aromatic N) is 1. The number of carbonyl (C=O) groups excluding carboxylic acids is 1. The fraction of sp³-hybridized carbons (Fsp3) is 0.533. The van der Waals surface area contributed by atoms with Gasteiger partial charge in [-0.1, -0.05) is 22.0 Å². The molecular formula is C15H21BrN2O. The van der Waals surface area contributed by atoms with Crippen LogP contribution < -0.4 is 10.2 Å². The lowest BCUT2D eigenvalue weighted by Crippen LogP contribution is -2.35. The molecule has 1 aliphatic rings. The summed E-state index contributed by atoms with van der Waals surface area (Å²) in [6.45, 7) is 4.09. The molecule has 1 N–H and O–H groups in total. The molecule has 1 aliphatic heterocycles. The van der Waals surface area contributed by atoms with E-state index in [1.54, 1.807) is 4.90 Å². The molecule has 0 radical (unpaired) electrons. The zero-order chi connectivity index (χ0) is 13.8. The summed E-state index contributed by atoms with van der Waals surface area (Å²) in [5, 5.41) is 3.36. The Morgan fingerprint density at radius 3 is 3.00 bits per heavy atom. The lowest BCUT2D eigenvalue weighted by Gasteiger charge is -2.26. The zero-order valence-electron chi connectivity index (χ0n) is 11.6. The van der Waals surface area contributed by atoms with E-state index in [2.05, 4.69) is 21.2 Å². The Morgan fingerprint density at radius 2 is 2.32 bits per heavy atom. The molecule has 1 heterocycles. The average molecular weight is 325 g/mol. The third-order valence-corrected chi connectivity index (χ3v) is 4.26. The maximum Gasteiger partial charge on any atom is 0.227 e. The SMILES string of the molecule is Cc1ccc(Br)cc1N(C)C(=O)CC1CCCNC1. The van der Waals surface area contributed by atoms with E-state index in [0.717, 1.165) is 35.2 Å². The molecule has 1 saturated heterocycles. The number of benzene rings is 1. The van der Waals surface area contributed by atoms with E-state index >= 15 is 0 Å². The largest absolute Gasteiger partial charge is 0.316 e. The van der Waals surface area contributed by atoms with E-state index in [1.165, 1.54) is 6.42 Å². The Hall–Kier alpha value is -0.870. The Bertz CT molecular complexity index is 455. The van der Waals surface area contributed by atoms with Gasteiger partial charge in [-0.25, -0.2) is 0 Å². The van der Waals surface area contributed by atoms with Crippen molar-refractivity contribution in [2.75, 3.05) is 25.0 Å². The number of halogens is 1. The maximum absolute atomic E-state index is 12.4. The summed E-state index contributed by atoms with van der Waals surface area (Å²) in [5.41, 5.74) is 2.11. The lowest BCUT2D eigenvalue weighted by atomic mass is 9.95. The number of amides is 1. The first kappa shape index (κ1) is 14.5. The van der Waals surface area contributed by atoms with Crippen LogP contribution in [0.4, 0.5) is 5.69 Å². The maximum atomic E-state index is 12.4. The second-order valence-electron chi connectivity index (χ2n) is 5.30. The van der Waals surface area contributed by atoms with Crippen LogP contribution in [0.3, 0.4) is 0 Å². The minimum atomic E-state index is 0.204. The number of anilines is 1. The van der Waals surface area contributed by atoms with E-state index in [0.29, 0.717) is 12.3 Å². The van der Waals surface area contributed by atoms with Gasteiger partial charge in [0.2, 0.25) is 5.91 Å². The molecule has 0 spiro atoms. The molecule has 0 bridgehead atoms. The molecule has 1 amide bonds. The van der Waals surface area contributed by atoms with Crippen molar-refractivity contribution in [2.24, 2.45) is 5.92 Å². The molecule has 1 aromatic rings. The molecule has 1 atom stereocenters. The summed E-state index contributed by atoms with van der Waals surface area (Å²) in [6.07, 6.45) is 2.97. The molecule has 1 unspecified atom stereocenters. The molecule has 4 heteroatoms. The smallest absolute Gasteiger partial charge is 0.227 e. The van der Waals surface area contributed by atoms with Crippen LogP contribution in [0.15, 0.2) is 22.7 Å². The molecule has 19 heavy (non-hydrogen) atoms. The third kappa shape index (κ3) is 3.80. The van der Waals surface area contributed by atoms with Gasteiger partial charge in [0.25, 0.3) is 0 Å². The Morgan fingerprint density at radius 1 is 1.53 bits per heavy atom. The summed E-state index contributed by atoms with van der Waals surface area (Å²) >= 11 is 3.46. The molecule has 1 aromatic carbocycles. The van der Waals surface area contributed by atoms with Crippen LogP contribution in [0.1, 0.15) is 24.8 Å². The van der Waals surface area contributed by atoms with Crippen LogP contribution in [0.2, 0.25) is 0 Å². The summed E-state index contributed by atoms with van der Waals surface area (Å²) in [5.74, 6) is 0.686. The number of carbonyl (C=O) groups is 1. The van der Waals surface area contributed by atoms with Gasteiger partial charge < -0.3 is 10.2 Å². The number of aryl methyl sites for hydroxylation is 1. The van der Waals surface area contributed by atoms with Crippen LogP contribution in [0.5, 0.6) is 0 Å². The van der Waals surface area contributed by atoms with Crippen molar-refractivity contribution in [1.82, 2.24) is 5.32 Å². The predicted molar refractivity (Wildman–Crippen MR) is 82.5 cm³/mol. The number of rotatable bonds is 3. The monoisotopic (exact) mass is 324 g/mol. The molecular weight excluding hydrogens is 304 g/mol. The highest BCUT2D eigenvalue weighted by molar-refractivity contribution is 9.10. The van der Waals surface area contributed by atoms with Gasteiger partial charge in [0, 0.05) is 23.6 Å². The van der Waals surface area contributed by atoms with Crippen molar-refractivity contribution in [3.8, 4) is 0 Å². The van der Waals surface area contributed by atoms with Crippen molar-refractivity contribution in [3.05, 3.63) is 28.2 Å². The van der Waals surface area contributed by atoms with Crippen molar-refractivity contribution in [3.63, 3.8) is 0 Å². The number of hydrogen-bond acceptors (Lipinski definition) is 2. The number of nitrogens with one attached hydrogen (secondary N) is 1. The van der Waals surface area contributed by atoms with Crippen molar-refractivity contribution in [2.45, 2.75) is 26.2 Å². The van der Waals surface area contributed by atoms with Crippen LogP contribution in [0, 0.1) is 12.8 Å². The Kier molecular flexibility index (Phi) is 4.99. The average Bonchev–Trinajstić information content (AvgIpc) is 2.42. The highest BCUT2D eigenvalue weighted by Crippen LogP contribution is 2.25. The van der Waals surface area contributed by atoms with Gasteiger partial charge in [-0.15, -0.1) is 0 Å². The second-order valence-corrected chi connectivity index (χ2v) is 6.22. The molecule has 1 fully saturated rings. The van der Waals surface area contributed by atoms with Gasteiger partial charge in [-0.2, -0.15) is 0 Å². The van der Waals surface area contributed by atoms with Gasteiger partial charge >= 0.3 is 0 Å². The predicted octanol–water partition coefficient (Wildman–Crippen LogP) is 3.11. The summed E-state index contributed by atoms with van der Waals surface area (Å²) in [7, 11) is 1.87. The van der Waals surface area contributed by atoms with Crippen molar-refractivity contribution >= 4 is 27.5 Å². The molecule has 0 saturated carbocycles. The summed E-state index contributed by atoms with van der Waals surface area (Å²) in [4.78, 5) is 14.1. The molecule has 3 nitrogen and oxygen atoms in total. The van der Waals surface area contributed by atoms with Crippen molar-refractivity contribution in [1.29, 1.82) is 0 Å². The first-order valence-corrected chi connectivity index (χ1v) is 7.60. The molecule has 0 aliphatic carbocycles. The van der Waals surface area contributed by atoms with Gasteiger partial charge in [-0.3, -0.25) is 4.79 Å². The van der Waals surface area contributed by atoms with Gasteiger partial charge in [-0.05, 0) is 56.5 Å². The van der Waals surface area contributed by atoms with E-state index in [9.17, 15) is 4.79 Å². The molecule has 104 valence electrons. The zero-order valence-corrected chi connectivity index (χ0v) is 13.2. The summed E-state index contributed by atoms with van der Waals surface area (Å²) < 4.78 is 1.01. The first-order chi connectivity index (χ1) is 9.08. The fourth-order valence-electron chi connectivity index (χ4n) is 2.56. The first-order valence-electron chi connectivity index (χ1n) is 6.81. The van der Waals surface area contributed by atoms with Crippen LogP contribution in [-0.4, -0.2) is 26.0 Å². The Labute approximate surface area is 123 Å². The highest BCUT2D eigenvalue weighted by Gasteiger charge is 2.20. The van der Waals surface area contributed by atoms with Gasteiger partial charge in [0.1, 0.15) is 0 Å². The van der Waals surface area contributed by atoms with E-state index in [1.807, 2.05) is 32.2 Å². The van der Waals surface area contributed by atoms with E-state index in [4.69, 9.17) is 0 Å². The Balaban J connectivity index is 2.03. The quantitative estimate of drug-likeness (QED) is 0.926. The van der Waals surface area contributed by atoms with Crippen molar-refractivity contribution < 1.29 is 4.79 Å². The third-order valence-electron chi connectivity index (χ3n) is 3.77. The minimum absolute atomic E-state index is 0.204. The van der Waals surface area contributed by atoms with Crippen LogP contribution in [-0.2, 0) is 4.79 Å². The standard InChI is InChI=1S/C15H21BrN2O/c1-11-5-6-13(16)9-14(11)18(2)15(19)8-12-4-3-7-17-10-12/h5-6,9,12,17H,3-4,7-8,10H2,1-2H3. The number of hydrogen-bond donors (Lipinski definition) is 1. The van der Waals surface area contributed by atoms with Gasteiger partial charge in [0.05, 0.1) is 0 Å². The topological polar surface area (TPSA) is 32.3 Å². The summed E-state index contributed by atoms with van der Waals surface area (Å²) in [6, 6.07) is 6.04. The minimum Gasteiger partial charge on any atom is -0.316 e. The normalized spacial score (nSPS) is 19.2.